The Bertz CT molecular complexity index is 119. The van der Waals surface area contributed by atoms with E-state index in [1.807, 2.05) is 20.8 Å². The number of ether oxygens (including phenoxy) is 3. The molecule has 0 saturated heterocycles. The van der Waals surface area contributed by atoms with Crippen molar-refractivity contribution in [1.29, 1.82) is 0 Å². The summed E-state index contributed by atoms with van der Waals surface area (Å²) in [7, 11) is 0. The van der Waals surface area contributed by atoms with E-state index in [0.717, 1.165) is 0 Å². The maximum absolute atomic E-state index is 5.39. The van der Waals surface area contributed by atoms with Crippen LogP contribution in [0.3, 0.4) is 0 Å². The van der Waals surface area contributed by atoms with Crippen molar-refractivity contribution in [1.82, 2.24) is 5.43 Å². The molecule has 0 aliphatic rings. The molecule has 5 heteroatoms. The van der Waals surface area contributed by atoms with Gasteiger partial charge in [0.05, 0.1) is 12.6 Å². The molecule has 0 fully saturated rings. The molecule has 0 aliphatic carbocycles. The zero-order valence-corrected chi connectivity index (χ0v) is 9.29. The molecule has 0 aliphatic heterocycles. The van der Waals surface area contributed by atoms with Gasteiger partial charge in [-0.2, -0.15) is 0 Å². The Morgan fingerprint density at radius 1 is 1.07 bits per heavy atom. The molecule has 0 heterocycles. The molecule has 1 unspecified atom stereocenters. The average Bonchev–Trinajstić information content (AvgIpc) is 2.19. The minimum atomic E-state index is -0.346. The van der Waals surface area contributed by atoms with Crippen LogP contribution in [0.4, 0.5) is 0 Å². The van der Waals surface area contributed by atoms with Gasteiger partial charge in [0.2, 0.25) is 0 Å². The first kappa shape index (κ1) is 13.8. The van der Waals surface area contributed by atoms with E-state index in [1.54, 1.807) is 0 Å². The van der Waals surface area contributed by atoms with Crippen LogP contribution in [0.1, 0.15) is 20.8 Å². The van der Waals surface area contributed by atoms with Crippen LogP contribution >= 0.6 is 0 Å². The van der Waals surface area contributed by atoms with Gasteiger partial charge in [0.1, 0.15) is 0 Å². The molecule has 86 valence electrons. The zero-order valence-electron chi connectivity index (χ0n) is 9.29. The lowest BCUT2D eigenvalue weighted by atomic mass is 10.3. The van der Waals surface area contributed by atoms with Crippen LogP contribution in [0.15, 0.2) is 0 Å². The van der Waals surface area contributed by atoms with Gasteiger partial charge >= 0.3 is 0 Å². The van der Waals surface area contributed by atoms with Crippen LogP contribution in [0.5, 0.6) is 0 Å². The zero-order chi connectivity index (χ0) is 10.8. The second-order valence-electron chi connectivity index (χ2n) is 2.71. The number of nitrogens with one attached hydrogen (secondary N) is 1. The van der Waals surface area contributed by atoms with Crippen molar-refractivity contribution in [2.24, 2.45) is 5.84 Å². The third-order valence-electron chi connectivity index (χ3n) is 1.71. The first-order valence-corrected chi connectivity index (χ1v) is 5.07. The third-order valence-corrected chi connectivity index (χ3v) is 1.71. The first-order chi connectivity index (χ1) is 6.79. The standard InChI is InChI=1S/C9H22N2O3/c1-4-12-7-8(11-10)9(13-5-2)14-6-3/h8-9,11H,4-7,10H2,1-3H3. The Morgan fingerprint density at radius 3 is 2.00 bits per heavy atom. The predicted molar refractivity (Wildman–Crippen MR) is 54.6 cm³/mol. The van der Waals surface area contributed by atoms with Crippen LogP contribution in [0.2, 0.25) is 0 Å². The van der Waals surface area contributed by atoms with Crippen LogP contribution in [0.25, 0.3) is 0 Å². The Hall–Kier alpha value is -0.200. The van der Waals surface area contributed by atoms with E-state index < -0.39 is 0 Å². The number of nitrogens with two attached hydrogens (primary N) is 1. The van der Waals surface area contributed by atoms with Gasteiger partial charge in [0.25, 0.3) is 0 Å². The van der Waals surface area contributed by atoms with E-state index >= 15 is 0 Å². The molecule has 0 radical (unpaired) electrons. The Balaban J connectivity index is 3.96. The van der Waals surface area contributed by atoms with E-state index in [2.05, 4.69) is 5.43 Å². The topological polar surface area (TPSA) is 65.7 Å². The molecular weight excluding hydrogens is 184 g/mol. The highest BCUT2D eigenvalue weighted by Gasteiger charge is 2.20. The number of rotatable bonds is 9. The predicted octanol–water partition coefficient (Wildman–Crippen LogP) is 0.254. The Labute approximate surface area is 85.9 Å². The summed E-state index contributed by atoms with van der Waals surface area (Å²) in [5, 5.41) is 0. The molecule has 0 rings (SSSR count). The van der Waals surface area contributed by atoms with Crippen molar-refractivity contribution >= 4 is 0 Å². The summed E-state index contributed by atoms with van der Waals surface area (Å²) in [4.78, 5) is 0. The van der Waals surface area contributed by atoms with Crippen LogP contribution in [0, 0.1) is 0 Å². The molecule has 14 heavy (non-hydrogen) atoms. The molecule has 1 atom stereocenters. The lowest BCUT2D eigenvalue weighted by Gasteiger charge is -2.25. The minimum absolute atomic E-state index is 0.130. The molecular formula is C9H22N2O3. The lowest BCUT2D eigenvalue weighted by molar-refractivity contribution is -0.162. The second kappa shape index (κ2) is 9.36. The Kier molecular flexibility index (Phi) is 9.23. The molecule has 0 aromatic heterocycles. The van der Waals surface area contributed by atoms with E-state index in [-0.39, 0.29) is 12.3 Å². The van der Waals surface area contributed by atoms with Crippen LogP contribution < -0.4 is 11.3 Å². The number of hydrazine groups is 1. The van der Waals surface area contributed by atoms with Crippen molar-refractivity contribution in [2.45, 2.75) is 33.1 Å². The van der Waals surface area contributed by atoms with Gasteiger partial charge in [-0.05, 0) is 20.8 Å². The van der Waals surface area contributed by atoms with Crippen molar-refractivity contribution in [3.8, 4) is 0 Å². The minimum Gasteiger partial charge on any atom is -0.380 e. The summed E-state index contributed by atoms with van der Waals surface area (Å²) in [6, 6.07) is -0.130. The van der Waals surface area contributed by atoms with Crippen molar-refractivity contribution in [3.63, 3.8) is 0 Å². The molecule has 0 saturated carbocycles. The first-order valence-electron chi connectivity index (χ1n) is 5.07. The summed E-state index contributed by atoms with van der Waals surface area (Å²) >= 11 is 0. The summed E-state index contributed by atoms with van der Waals surface area (Å²) in [6.45, 7) is 8.09. The summed E-state index contributed by atoms with van der Waals surface area (Å²) in [5.41, 5.74) is 2.63. The highest BCUT2D eigenvalue weighted by atomic mass is 16.7. The molecule has 0 bridgehead atoms. The van der Waals surface area contributed by atoms with E-state index in [0.29, 0.717) is 26.4 Å². The van der Waals surface area contributed by atoms with Gasteiger partial charge in [-0.3, -0.25) is 5.84 Å². The SMILES string of the molecule is CCOCC(NN)C(OCC)OCC. The second-order valence-corrected chi connectivity index (χ2v) is 2.71. The maximum Gasteiger partial charge on any atom is 0.176 e. The number of hydrogen-bond donors (Lipinski definition) is 2. The van der Waals surface area contributed by atoms with Gasteiger partial charge in [-0.15, -0.1) is 0 Å². The van der Waals surface area contributed by atoms with Gasteiger partial charge < -0.3 is 14.2 Å². The lowest BCUT2D eigenvalue weighted by Crippen LogP contribution is -2.49. The largest absolute Gasteiger partial charge is 0.380 e. The van der Waals surface area contributed by atoms with Crippen molar-refractivity contribution < 1.29 is 14.2 Å². The molecule has 0 aromatic rings. The van der Waals surface area contributed by atoms with Gasteiger partial charge in [-0.1, -0.05) is 0 Å². The highest BCUT2D eigenvalue weighted by molar-refractivity contribution is 4.67. The summed E-state index contributed by atoms with van der Waals surface area (Å²) < 4.78 is 16.0. The fourth-order valence-electron chi connectivity index (χ4n) is 1.06. The van der Waals surface area contributed by atoms with Gasteiger partial charge in [0.15, 0.2) is 6.29 Å². The molecule has 0 aromatic carbocycles. The normalized spacial score (nSPS) is 13.5. The average molecular weight is 206 g/mol. The van der Waals surface area contributed by atoms with Crippen molar-refractivity contribution in [2.75, 3.05) is 26.4 Å². The maximum atomic E-state index is 5.39. The third kappa shape index (κ3) is 5.51. The highest BCUT2D eigenvalue weighted by Crippen LogP contribution is 2.02. The fourth-order valence-corrected chi connectivity index (χ4v) is 1.06. The quantitative estimate of drug-likeness (QED) is 0.322. The summed E-state index contributed by atoms with van der Waals surface area (Å²) in [5.74, 6) is 5.38. The van der Waals surface area contributed by atoms with E-state index in [9.17, 15) is 0 Å². The van der Waals surface area contributed by atoms with Crippen LogP contribution in [-0.4, -0.2) is 38.8 Å². The van der Waals surface area contributed by atoms with Gasteiger partial charge in [0, 0.05) is 19.8 Å². The smallest absolute Gasteiger partial charge is 0.176 e. The number of hydrogen-bond acceptors (Lipinski definition) is 5. The van der Waals surface area contributed by atoms with E-state index in [4.69, 9.17) is 20.1 Å². The molecule has 0 amide bonds. The van der Waals surface area contributed by atoms with Crippen molar-refractivity contribution in [3.05, 3.63) is 0 Å². The molecule has 5 nitrogen and oxygen atoms in total. The van der Waals surface area contributed by atoms with E-state index in [1.165, 1.54) is 0 Å². The Morgan fingerprint density at radius 2 is 1.64 bits per heavy atom. The molecule has 3 N–H and O–H groups in total. The van der Waals surface area contributed by atoms with Gasteiger partial charge in [-0.25, -0.2) is 5.43 Å². The molecule has 0 spiro atoms. The summed E-state index contributed by atoms with van der Waals surface area (Å²) in [6.07, 6.45) is -0.346. The van der Waals surface area contributed by atoms with Crippen LogP contribution in [-0.2, 0) is 14.2 Å². The fraction of sp³-hybridized carbons (Fsp3) is 1.00. The monoisotopic (exact) mass is 206 g/mol.